The van der Waals surface area contributed by atoms with Crippen LogP contribution in [-0.4, -0.2) is 43.4 Å². The van der Waals surface area contributed by atoms with Crippen molar-refractivity contribution in [1.29, 1.82) is 0 Å². The maximum atomic E-state index is 5.66. The summed E-state index contributed by atoms with van der Waals surface area (Å²) >= 11 is 0. The number of ether oxygens (including phenoxy) is 2. The Morgan fingerprint density at radius 3 is 2.71 bits per heavy atom. The molecule has 0 saturated carbocycles. The van der Waals surface area contributed by atoms with Gasteiger partial charge in [-0.15, -0.1) is 0 Å². The lowest BCUT2D eigenvalue weighted by atomic mass is 9.91. The fourth-order valence-corrected chi connectivity index (χ4v) is 2.98. The van der Waals surface area contributed by atoms with Gasteiger partial charge in [-0.05, 0) is 18.9 Å². The zero-order valence-corrected chi connectivity index (χ0v) is 10.2. The zero-order chi connectivity index (χ0) is 11.7. The predicted octanol–water partition coefficient (Wildman–Crippen LogP) is 1.66. The van der Waals surface area contributed by atoms with Gasteiger partial charge in [-0.1, -0.05) is 0 Å². The van der Waals surface area contributed by atoms with Gasteiger partial charge in [0.1, 0.15) is 0 Å². The third-order valence-corrected chi connectivity index (χ3v) is 3.91. The number of nitrogens with zero attached hydrogens (tertiary/aromatic N) is 1. The first-order chi connectivity index (χ1) is 8.36. The van der Waals surface area contributed by atoms with E-state index in [2.05, 4.69) is 4.90 Å². The molecule has 1 aromatic rings. The highest BCUT2D eigenvalue weighted by atomic mass is 16.5. The van der Waals surface area contributed by atoms with E-state index in [0.29, 0.717) is 18.2 Å². The number of fused-ring (bicyclic) bond motifs is 2. The van der Waals surface area contributed by atoms with Crippen molar-refractivity contribution >= 4 is 0 Å². The second kappa shape index (κ2) is 4.80. The van der Waals surface area contributed by atoms with Crippen LogP contribution in [0.5, 0.6) is 0 Å². The van der Waals surface area contributed by atoms with Crippen molar-refractivity contribution in [3.05, 3.63) is 24.2 Å². The molecule has 0 radical (unpaired) electrons. The van der Waals surface area contributed by atoms with Gasteiger partial charge in [-0.3, -0.25) is 4.90 Å². The van der Waals surface area contributed by atoms with Crippen molar-refractivity contribution in [2.75, 3.05) is 20.3 Å². The molecule has 0 aliphatic carbocycles. The largest absolute Gasteiger partial charge is 0.472 e. The third-order valence-electron chi connectivity index (χ3n) is 3.91. The van der Waals surface area contributed by atoms with E-state index in [4.69, 9.17) is 13.9 Å². The molecular formula is C13H19NO3. The van der Waals surface area contributed by atoms with Crippen LogP contribution in [0.15, 0.2) is 23.0 Å². The van der Waals surface area contributed by atoms with Crippen LogP contribution in [0, 0.1) is 0 Å². The highest BCUT2D eigenvalue weighted by Gasteiger charge is 2.38. The summed E-state index contributed by atoms with van der Waals surface area (Å²) < 4.78 is 16.3. The summed E-state index contributed by atoms with van der Waals surface area (Å²) in [6, 6.07) is 3.02. The Morgan fingerprint density at radius 1 is 1.35 bits per heavy atom. The predicted molar refractivity (Wildman–Crippen MR) is 62.7 cm³/mol. The Morgan fingerprint density at radius 2 is 2.12 bits per heavy atom. The second-order valence-electron chi connectivity index (χ2n) is 4.98. The van der Waals surface area contributed by atoms with Crippen molar-refractivity contribution in [3.63, 3.8) is 0 Å². The van der Waals surface area contributed by atoms with Crippen LogP contribution in [0.3, 0.4) is 0 Å². The van der Waals surface area contributed by atoms with E-state index in [1.165, 1.54) is 5.56 Å². The molecule has 2 fully saturated rings. The van der Waals surface area contributed by atoms with E-state index >= 15 is 0 Å². The van der Waals surface area contributed by atoms with Crippen molar-refractivity contribution in [2.45, 2.75) is 37.6 Å². The third kappa shape index (κ3) is 2.25. The lowest BCUT2D eigenvalue weighted by molar-refractivity contribution is -0.115. The molecule has 0 amide bonds. The molecule has 0 spiro atoms. The number of morpholine rings is 1. The molecule has 2 saturated heterocycles. The molecular weight excluding hydrogens is 218 g/mol. The van der Waals surface area contributed by atoms with Crippen LogP contribution in [0.4, 0.5) is 0 Å². The van der Waals surface area contributed by atoms with E-state index in [1.54, 1.807) is 6.26 Å². The number of hydrogen-bond acceptors (Lipinski definition) is 4. The second-order valence-corrected chi connectivity index (χ2v) is 4.98. The van der Waals surface area contributed by atoms with Crippen molar-refractivity contribution in [1.82, 2.24) is 4.90 Å². The van der Waals surface area contributed by atoms with Crippen molar-refractivity contribution < 1.29 is 13.9 Å². The van der Waals surface area contributed by atoms with Gasteiger partial charge in [0.05, 0.1) is 31.8 Å². The Hall–Kier alpha value is -0.840. The van der Waals surface area contributed by atoms with Crippen molar-refractivity contribution in [3.8, 4) is 0 Å². The number of methoxy groups -OCH3 is 1. The molecule has 0 aromatic carbocycles. The Balaban J connectivity index is 1.71. The van der Waals surface area contributed by atoms with E-state index < -0.39 is 0 Å². The summed E-state index contributed by atoms with van der Waals surface area (Å²) in [7, 11) is 1.81. The average molecular weight is 237 g/mol. The summed E-state index contributed by atoms with van der Waals surface area (Å²) in [5, 5.41) is 0. The highest BCUT2D eigenvalue weighted by Crippen LogP contribution is 2.30. The minimum Gasteiger partial charge on any atom is -0.472 e. The maximum Gasteiger partial charge on any atom is 0.0947 e. The zero-order valence-electron chi connectivity index (χ0n) is 10.2. The average Bonchev–Trinajstić information content (AvgIpc) is 2.81. The standard InChI is InChI=1S/C13H19NO3/c1-15-13-4-11-8-17-9-12(5-13)14(11)6-10-2-3-16-7-10/h2-3,7,11-13H,4-6,8-9H2,1H3. The van der Waals surface area contributed by atoms with Gasteiger partial charge in [0.25, 0.3) is 0 Å². The SMILES string of the molecule is COC1CC2COCC(C1)N2Cc1ccoc1. The molecule has 4 nitrogen and oxygen atoms in total. The highest BCUT2D eigenvalue weighted by molar-refractivity contribution is 5.07. The van der Waals surface area contributed by atoms with Crippen LogP contribution in [0.1, 0.15) is 18.4 Å². The Labute approximate surface area is 101 Å². The molecule has 3 heterocycles. The molecule has 0 N–H and O–H groups in total. The van der Waals surface area contributed by atoms with Crippen LogP contribution >= 0.6 is 0 Å². The summed E-state index contributed by atoms with van der Waals surface area (Å²) in [5.41, 5.74) is 1.25. The van der Waals surface area contributed by atoms with Crippen LogP contribution < -0.4 is 0 Å². The van der Waals surface area contributed by atoms with Crippen molar-refractivity contribution in [2.24, 2.45) is 0 Å². The molecule has 94 valence electrons. The first-order valence-electron chi connectivity index (χ1n) is 6.24. The smallest absolute Gasteiger partial charge is 0.0947 e. The fourth-order valence-electron chi connectivity index (χ4n) is 2.98. The molecule has 2 aliphatic heterocycles. The summed E-state index contributed by atoms with van der Waals surface area (Å²) in [4.78, 5) is 2.55. The Bertz CT molecular complexity index is 338. The number of hydrogen-bond donors (Lipinski definition) is 0. The van der Waals surface area contributed by atoms with Crippen LogP contribution in [0.2, 0.25) is 0 Å². The normalized spacial score (nSPS) is 33.8. The molecule has 2 atom stereocenters. The Kier molecular flexibility index (Phi) is 3.18. The summed E-state index contributed by atoms with van der Waals surface area (Å²) in [6.45, 7) is 2.62. The van der Waals surface area contributed by atoms with Gasteiger partial charge in [-0.25, -0.2) is 0 Å². The molecule has 2 bridgehead atoms. The van der Waals surface area contributed by atoms with Gasteiger partial charge in [0.2, 0.25) is 0 Å². The molecule has 2 unspecified atom stereocenters. The lowest BCUT2D eigenvalue weighted by Crippen LogP contribution is -2.57. The van der Waals surface area contributed by atoms with E-state index in [1.807, 2.05) is 19.4 Å². The van der Waals surface area contributed by atoms with Gasteiger partial charge >= 0.3 is 0 Å². The topological polar surface area (TPSA) is 34.8 Å². The maximum absolute atomic E-state index is 5.66. The van der Waals surface area contributed by atoms with Gasteiger partial charge in [0, 0.05) is 31.3 Å². The minimum absolute atomic E-state index is 0.398. The quantitative estimate of drug-likeness (QED) is 0.801. The summed E-state index contributed by atoms with van der Waals surface area (Å²) in [5.74, 6) is 0. The summed E-state index contributed by atoms with van der Waals surface area (Å²) in [6.07, 6.45) is 6.12. The first kappa shape index (κ1) is 11.3. The minimum atomic E-state index is 0.398. The van der Waals surface area contributed by atoms with E-state index in [9.17, 15) is 0 Å². The van der Waals surface area contributed by atoms with Gasteiger partial charge in [0.15, 0.2) is 0 Å². The number of rotatable bonds is 3. The fraction of sp³-hybridized carbons (Fsp3) is 0.692. The van der Waals surface area contributed by atoms with E-state index in [-0.39, 0.29) is 0 Å². The first-order valence-corrected chi connectivity index (χ1v) is 6.24. The van der Waals surface area contributed by atoms with Gasteiger partial charge in [-0.2, -0.15) is 0 Å². The molecule has 1 aromatic heterocycles. The molecule has 17 heavy (non-hydrogen) atoms. The molecule has 3 rings (SSSR count). The van der Waals surface area contributed by atoms with Crippen LogP contribution in [-0.2, 0) is 16.0 Å². The molecule has 4 heteroatoms. The van der Waals surface area contributed by atoms with Gasteiger partial charge < -0.3 is 13.9 Å². The molecule has 2 aliphatic rings. The monoisotopic (exact) mass is 237 g/mol. The number of piperidine rings is 1. The van der Waals surface area contributed by atoms with Crippen LogP contribution in [0.25, 0.3) is 0 Å². The van der Waals surface area contributed by atoms with E-state index in [0.717, 1.165) is 32.6 Å². The lowest BCUT2D eigenvalue weighted by Gasteiger charge is -2.48. The number of furan rings is 1.